The average molecular weight is 374 g/mol. The molecule has 0 N–H and O–H groups in total. The van der Waals surface area contributed by atoms with Crippen LogP contribution in [0.25, 0.3) is 0 Å². The van der Waals surface area contributed by atoms with E-state index in [1.165, 1.54) is 18.2 Å². The van der Waals surface area contributed by atoms with E-state index in [1.807, 2.05) is 12.1 Å². The Kier molecular flexibility index (Phi) is 6.32. The third kappa shape index (κ3) is 4.79. The SMILES string of the molecule is CC[C@H](C)c1ccc(C(=O)COC(=O)c2ccccc2S(C)(=O)=O)cc1. The molecule has 0 heterocycles. The van der Waals surface area contributed by atoms with Crippen molar-refractivity contribution in [2.45, 2.75) is 31.1 Å². The second-order valence-corrected chi connectivity index (χ2v) is 8.18. The molecular formula is C20H22O5S. The molecule has 0 fully saturated rings. The lowest BCUT2D eigenvalue weighted by atomic mass is 9.97. The maximum absolute atomic E-state index is 12.2. The van der Waals surface area contributed by atoms with E-state index >= 15 is 0 Å². The van der Waals surface area contributed by atoms with Crippen LogP contribution in [0, 0.1) is 0 Å². The molecule has 1 atom stereocenters. The second-order valence-electron chi connectivity index (χ2n) is 6.20. The van der Waals surface area contributed by atoms with Crippen molar-refractivity contribution in [1.29, 1.82) is 0 Å². The molecule has 0 spiro atoms. The summed E-state index contributed by atoms with van der Waals surface area (Å²) in [7, 11) is -3.57. The summed E-state index contributed by atoms with van der Waals surface area (Å²) in [6.45, 7) is 3.76. The number of ether oxygens (including phenoxy) is 1. The molecule has 0 aromatic heterocycles. The number of sulfone groups is 1. The Labute approximate surface area is 153 Å². The van der Waals surface area contributed by atoms with Crippen molar-refractivity contribution in [1.82, 2.24) is 0 Å². The van der Waals surface area contributed by atoms with Gasteiger partial charge in [0, 0.05) is 11.8 Å². The maximum atomic E-state index is 12.2. The molecule has 0 unspecified atom stereocenters. The number of ketones is 1. The molecule has 0 aliphatic rings. The predicted molar refractivity (Wildman–Crippen MR) is 99.3 cm³/mol. The van der Waals surface area contributed by atoms with Gasteiger partial charge in [0.2, 0.25) is 0 Å². The fourth-order valence-corrected chi connectivity index (χ4v) is 3.36. The van der Waals surface area contributed by atoms with Crippen LogP contribution in [0.3, 0.4) is 0 Å². The molecule has 0 amide bonds. The smallest absolute Gasteiger partial charge is 0.339 e. The van der Waals surface area contributed by atoms with E-state index in [1.54, 1.807) is 18.2 Å². The summed E-state index contributed by atoms with van der Waals surface area (Å²) in [6.07, 6.45) is 2.02. The number of rotatable bonds is 7. The van der Waals surface area contributed by atoms with Crippen molar-refractivity contribution in [3.05, 3.63) is 65.2 Å². The van der Waals surface area contributed by atoms with Crippen LogP contribution in [0.2, 0.25) is 0 Å². The van der Waals surface area contributed by atoms with Crippen LogP contribution < -0.4 is 0 Å². The fraction of sp³-hybridized carbons (Fsp3) is 0.300. The Morgan fingerprint density at radius 2 is 1.65 bits per heavy atom. The molecule has 5 nitrogen and oxygen atoms in total. The average Bonchev–Trinajstić information content (AvgIpc) is 2.64. The third-order valence-corrected chi connectivity index (χ3v) is 5.41. The monoisotopic (exact) mass is 374 g/mol. The molecule has 2 aromatic rings. The first-order valence-electron chi connectivity index (χ1n) is 8.33. The fourth-order valence-electron chi connectivity index (χ4n) is 2.48. The summed E-state index contributed by atoms with van der Waals surface area (Å²) >= 11 is 0. The third-order valence-electron chi connectivity index (χ3n) is 4.25. The zero-order valence-electron chi connectivity index (χ0n) is 15.1. The van der Waals surface area contributed by atoms with Crippen molar-refractivity contribution >= 4 is 21.6 Å². The van der Waals surface area contributed by atoms with Crippen molar-refractivity contribution in [2.24, 2.45) is 0 Å². The lowest BCUT2D eigenvalue weighted by molar-refractivity contribution is 0.0471. The minimum Gasteiger partial charge on any atom is -0.454 e. The van der Waals surface area contributed by atoms with E-state index in [2.05, 4.69) is 13.8 Å². The first-order valence-corrected chi connectivity index (χ1v) is 10.2. The summed E-state index contributed by atoms with van der Waals surface area (Å²) in [5.41, 5.74) is 1.51. The first-order chi connectivity index (χ1) is 12.2. The molecular weight excluding hydrogens is 352 g/mol. The number of esters is 1. The molecule has 138 valence electrons. The normalized spacial score (nSPS) is 12.4. The zero-order valence-corrected chi connectivity index (χ0v) is 15.9. The summed E-state index contributed by atoms with van der Waals surface area (Å²) in [4.78, 5) is 24.3. The summed E-state index contributed by atoms with van der Waals surface area (Å²) in [5, 5.41) is 0. The van der Waals surface area contributed by atoms with Crippen molar-refractivity contribution < 1.29 is 22.7 Å². The standard InChI is InChI=1S/C20H22O5S/c1-4-14(2)15-9-11-16(12-10-15)18(21)13-25-20(22)17-7-5-6-8-19(17)26(3,23)24/h5-12,14H,4,13H2,1-3H3/t14-/m0/s1. The molecule has 0 bridgehead atoms. The van der Waals surface area contributed by atoms with Gasteiger partial charge in [0.05, 0.1) is 10.5 Å². The molecule has 0 saturated carbocycles. The quantitative estimate of drug-likeness (QED) is 0.546. The second kappa shape index (κ2) is 8.27. The molecule has 6 heteroatoms. The van der Waals surface area contributed by atoms with Gasteiger partial charge in [0.15, 0.2) is 22.2 Å². The first kappa shape index (κ1) is 19.8. The highest BCUT2D eigenvalue weighted by Gasteiger charge is 2.20. The van der Waals surface area contributed by atoms with Gasteiger partial charge in [-0.05, 0) is 30.0 Å². The van der Waals surface area contributed by atoms with Gasteiger partial charge < -0.3 is 4.74 Å². The number of Topliss-reactive ketones (excluding diaryl/α,β-unsaturated/α-hetero) is 1. The van der Waals surface area contributed by atoms with Gasteiger partial charge in [-0.2, -0.15) is 0 Å². The van der Waals surface area contributed by atoms with Gasteiger partial charge in [-0.1, -0.05) is 50.2 Å². The summed E-state index contributed by atoms with van der Waals surface area (Å²) in [5.74, 6) is -0.772. The Morgan fingerprint density at radius 3 is 2.23 bits per heavy atom. The van der Waals surface area contributed by atoms with Crippen molar-refractivity contribution in [3.63, 3.8) is 0 Å². The van der Waals surface area contributed by atoms with Crippen LogP contribution >= 0.6 is 0 Å². The molecule has 0 aliphatic heterocycles. The van der Waals surface area contributed by atoms with Crippen molar-refractivity contribution in [3.8, 4) is 0 Å². The molecule has 0 aliphatic carbocycles. The molecule has 2 rings (SSSR count). The van der Waals surface area contributed by atoms with Crippen LogP contribution in [-0.4, -0.2) is 33.0 Å². The van der Waals surface area contributed by atoms with Gasteiger partial charge in [-0.15, -0.1) is 0 Å². The van der Waals surface area contributed by atoms with Crippen LogP contribution in [0.4, 0.5) is 0 Å². The van der Waals surface area contributed by atoms with E-state index in [9.17, 15) is 18.0 Å². The lowest BCUT2D eigenvalue weighted by Crippen LogP contribution is -2.16. The Balaban J connectivity index is 2.07. The van der Waals surface area contributed by atoms with Gasteiger partial charge in [-0.25, -0.2) is 13.2 Å². The van der Waals surface area contributed by atoms with E-state index in [-0.39, 0.29) is 16.2 Å². The Bertz CT molecular complexity index is 898. The minimum atomic E-state index is -3.57. The molecule has 0 radical (unpaired) electrons. The van der Waals surface area contributed by atoms with Crippen molar-refractivity contribution in [2.75, 3.05) is 12.9 Å². The number of benzene rings is 2. The maximum Gasteiger partial charge on any atom is 0.339 e. The van der Waals surface area contributed by atoms with E-state index < -0.39 is 22.4 Å². The summed E-state index contributed by atoms with van der Waals surface area (Å²) < 4.78 is 28.5. The van der Waals surface area contributed by atoms with Crippen LogP contribution in [0.1, 0.15) is 52.5 Å². The minimum absolute atomic E-state index is 0.0741. The molecule has 26 heavy (non-hydrogen) atoms. The van der Waals surface area contributed by atoms with E-state index in [0.29, 0.717) is 11.5 Å². The number of hydrogen-bond donors (Lipinski definition) is 0. The van der Waals surface area contributed by atoms with Gasteiger partial charge >= 0.3 is 5.97 Å². The predicted octanol–water partition coefficient (Wildman–Crippen LogP) is 3.64. The number of carbonyl (C=O) groups excluding carboxylic acids is 2. The zero-order chi connectivity index (χ0) is 19.3. The van der Waals surface area contributed by atoms with Gasteiger partial charge in [-0.3, -0.25) is 4.79 Å². The number of hydrogen-bond acceptors (Lipinski definition) is 5. The van der Waals surface area contributed by atoms with E-state index in [0.717, 1.165) is 18.2 Å². The Morgan fingerprint density at radius 1 is 1.04 bits per heavy atom. The number of carbonyl (C=O) groups is 2. The van der Waals surface area contributed by atoms with Crippen LogP contribution in [-0.2, 0) is 14.6 Å². The highest BCUT2D eigenvalue weighted by Crippen LogP contribution is 2.19. The lowest BCUT2D eigenvalue weighted by Gasteiger charge is -2.10. The van der Waals surface area contributed by atoms with Crippen LogP contribution in [0.5, 0.6) is 0 Å². The van der Waals surface area contributed by atoms with E-state index in [4.69, 9.17) is 4.74 Å². The van der Waals surface area contributed by atoms with Gasteiger partial charge in [0.1, 0.15) is 0 Å². The Hall–Kier alpha value is -2.47. The van der Waals surface area contributed by atoms with Gasteiger partial charge in [0.25, 0.3) is 0 Å². The molecule has 2 aromatic carbocycles. The highest BCUT2D eigenvalue weighted by molar-refractivity contribution is 7.90. The largest absolute Gasteiger partial charge is 0.454 e. The highest BCUT2D eigenvalue weighted by atomic mass is 32.2. The van der Waals surface area contributed by atoms with Crippen LogP contribution in [0.15, 0.2) is 53.4 Å². The summed E-state index contributed by atoms with van der Waals surface area (Å²) in [6, 6.07) is 13.0. The topological polar surface area (TPSA) is 77.5 Å². The molecule has 0 saturated heterocycles.